The van der Waals surface area contributed by atoms with Gasteiger partial charge in [0.25, 0.3) is 0 Å². The summed E-state index contributed by atoms with van der Waals surface area (Å²) in [6.07, 6.45) is 1.54. The summed E-state index contributed by atoms with van der Waals surface area (Å²) >= 11 is 1.80. The van der Waals surface area contributed by atoms with Crippen molar-refractivity contribution in [3.8, 4) is 22.3 Å². The molecular weight excluding hydrogens is 486 g/mol. The predicted octanol–water partition coefficient (Wildman–Crippen LogP) is 9.37. The van der Waals surface area contributed by atoms with Gasteiger partial charge in [0.1, 0.15) is 5.58 Å². The minimum absolute atomic E-state index is 0.000524. The van der Waals surface area contributed by atoms with Crippen LogP contribution in [0.2, 0.25) is 0 Å². The van der Waals surface area contributed by atoms with Gasteiger partial charge in [-0.05, 0) is 54.4 Å². The van der Waals surface area contributed by atoms with Crippen LogP contribution in [0.4, 0.5) is 17.1 Å². The molecule has 4 heteroatoms. The van der Waals surface area contributed by atoms with Gasteiger partial charge in [-0.1, -0.05) is 84.6 Å². The SMILES string of the molecule is Cc1coc2cc(N3c4ccccc4-c4ccccc4Sc4ccccc4-c4ccccc43)ccc2c1=O. The summed E-state index contributed by atoms with van der Waals surface area (Å²) < 4.78 is 5.91. The number of hydrogen-bond acceptors (Lipinski definition) is 4. The van der Waals surface area contributed by atoms with Crippen LogP contribution >= 0.6 is 11.8 Å². The van der Waals surface area contributed by atoms with Crippen molar-refractivity contribution in [3.63, 3.8) is 0 Å². The minimum Gasteiger partial charge on any atom is -0.464 e. The van der Waals surface area contributed by atoms with Crippen molar-refractivity contribution in [2.24, 2.45) is 0 Å². The number of rotatable bonds is 1. The third kappa shape index (κ3) is 3.65. The van der Waals surface area contributed by atoms with E-state index in [0.29, 0.717) is 16.5 Å². The highest BCUT2D eigenvalue weighted by molar-refractivity contribution is 7.99. The second-order valence-corrected chi connectivity index (χ2v) is 10.5. The molecule has 0 N–H and O–H groups in total. The molecule has 0 radical (unpaired) electrons. The first-order valence-electron chi connectivity index (χ1n) is 12.6. The van der Waals surface area contributed by atoms with Crippen LogP contribution in [0.3, 0.4) is 0 Å². The normalized spacial score (nSPS) is 12.3. The Bertz CT molecular complexity index is 1820. The molecule has 1 aromatic heterocycles. The first-order valence-corrected chi connectivity index (χ1v) is 13.4. The van der Waals surface area contributed by atoms with E-state index in [9.17, 15) is 4.79 Å². The van der Waals surface area contributed by atoms with Crippen LogP contribution in [0.1, 0.15) is 5.56 Å². The van der Waals surface area contributed by atoms with E-state index >= 15 is 0 Å². The quantitative estimate of drug-likeness (QED) is 0.221. The van der Waals surface area contributed by atoms with Crippen LogP contribution in [-0.2, 0) is 0 Å². The van der Waals surface area contributed by atoms with Gasteiger partial charge in [-0.15, -0.1) is 0 Å². The lowest BCUT2D eigenvalue weighted by molar-refractivity contribution is 0.597. The maximum Gasteiger partial charge on any atom is 0.195 e. The lowest BCUT2D eigenvalue weighted by Crippen LogP contribution is -2.13. The molecule has 0 saturated carbocycles. The molecule has 6 aromatic rings. The Kier molecular flexibility index (Phi) is 5.41. The van der Waals surface area contributed by atoms with Gasteiger partial charge in [0.15, 0.2) is 5.43 Å². The van der Waals surface area contributed by atoms with E-state index in [1.165, 1.54) is 20.9 Å². The van der Waals surface area contributed by atoms with Crippen LogP contribution < -0.4 is 10.3 Å². The fourth-order valence-electron chi connectivity index (χ4n) is 5.23. The Morgan fingerprint density at radius 3 is 1.76 bits per heavy atom. The predicted molar refractivity (Wildman–Crippen MR) is 157 cm³/mol. The van der Waals surface area contributed by atoms with Crippen molar-refractivity contribution >= 4 is 39.8 Å². The van der Waals surface area contributed by atoms with Crippen LogP contribution in [0.15, 0.2) is 141 Å². The molecule has 3 nitrogen and oxygen atoms in total. The zero-order valence-corrected chi connectivity index (χ0v) is 21.5. The average Bonchev–Trinajstić information content (AvgIpc) is 2.96. The largest absolute Gasteiger partial charge is 0.464 e. The maximum atomic E-state index is 12.8. The Hall–Kier alpha value is -4.54. The third-order valence-electron chi connectivity index (χ3n) is 7.05. The van der Waals surface area contributed by atoms with E-state index in [-0.39, 0.29) is 5.43 Å². The van der Waals surface area contributed by atoms with Crippen molar-refractivity contribution < 1.29 is 4.42 Å². The van der Waals surface area contributed by atoms with Gasteiger partial charge in [0.2, 0.25) is 0 Å². The highest BCUT2D eigenvalue weighted by Crippen LogP contribution is 2.50. The van der Waals surface area contributed by atoms with Crippen LogP contribution in [0.5, 0.6) is 0 Å². The number of aryl methyl sites for hydroxylation is 1. The van der Waals surface area contributed by atoms with E-state index in [1.807, 2.05) is 18.2 Å². The summed E-state index contributed by atoms with van der Waals surface area (Å²) in [5, 5.41) is 0.587. The van der Waals surface area contributed by atoms with Gasteiger partial charge in [-0.3, -0.25) is 4.79 Å². The van der Waals surface area contributed by atoms with Crippen molar-refractivity contribution in [2.45, 2.75) is 16.7 Å². The number of para-hydroxylation sites is 2. The molecule has 7 rings (SSSR count). The van der Waals surface area contributed by atoms with E-state index in [0.717, 1.165) is 28.2 Å². The van der Waals surface area contributed by atoms with Gasteiger partial charge in [0, 0.05) is 38.2 Å². The van der Waals surface area contributed by atoms with Crippen LogP contribution in [0, 0.1) is 6.92 Å². The van der Waals surface area contributed by atoms with Crippen molar-refractivity contribution in [3.05, 3.63) is 137 Å². The molecule has 0 amide bonds. The molecule has 5 aromatic carbocycles. The molecule has 38 heavy (non-hydrogen) atoms. The topological polar surface area (TPSA) is 33.5 Å². The van der Waals surface area contributed by atoms with Crippen molar-refractivity contribution in [2.75, 3.05) is 4.90 Å². The van der Waals surface area contributed by atoms with Crippen molar-refractivity contribution in [1.29, 1.82) is 0 Å². The summed E-state index contributed by atoms with van der Waals surface area (Å²) in [6, 6.07) is 40.1. The number of anilines is 3. The second kappa shape index (κ2) is 9.09. The highest BCUT2D eigenvalue weighted by Gasteiger charge is 2.24. The molecular formula is C34H23NO2S. The zero-order valence-electron chi connectivity index (χ0n) is 20.7. The summed E-state index contributed by atoms with van der Waals surface area (Å²) in [4.78, 5) is 17.5. The van der Waals surface area contributed by atoms with Gasteiger partial charge in [-0.2, -0.15) is 0 Å². The summed E-state index contributed by atoms with van der Waals surface area (Å²) in [5.74, 6) is 0. The monoisotopic (exact) mass is 509 g/mol. The first kappa shape index (κ1) is 22.6. The number of benzene rings is 5. The van der Waals surface area contributed by atoms with Gasteiger partial charge in [0.05, 0.1) is 23.0 Å². The fraction of sp³-hybridized carbons (Fsp3) is 0.0294. The molecule has 0 atom stereocenters. The van der Waals surface area contributed by atoms with Crippen LogP contribution in [-0.4, -0.2) is 0 Å². The standard InChI is InChI=1S/C34H23NO2S/c1-22-21-37-31-20-23(18-19-28(31)34(22)36)35-29-14-6-2-10-24(29)26-12-4-8-16-32(26)38-33-17-9-5-13-27(33)25-11-3-7-15-30(25)35/h2-21H,1H3. The lowest BCUT2D eigenvalue weighted by Gasteiger charge is -2.31. The first-order chi connectivity index (χ1) is 18.7. The Labute approximate surface area is 225 Å². The number of nitrogens with zero attached hydrogens (tertiary/aromatic N) is 1. The molecule has 182 valence electrons. The summed E-state index contributed by atoms with van der Waals surface area (Å²) in [5.41, 5.74) is 8.83. The van der Waals surface area contributed by atoms with E-state index in [1.54, 1.807) is 24.9 Å². The minimum atomic E-state index is -0.000524. The molecule has 1 aliphatic heterocycles. The highest BCUT2D eigenvalue weighted by atomic mass is 32.2. The third-order valence-corrected chi connectivity index (χ3v) is 8.20. The van der Waals surface area contributed by atoms with Gasteiger partial charge in [-0.25, -0.2) is 0 Å². The second-order valence-electron chi connectivity index (χ2n) is 9.39. The fourth-order valence-corrected chi connectivity index (χ4v) is 6.33. The van der Waals surface area contributed by atoms with E-state index in [4.69, 9.17) is 4.42 Å². The Morgan fingerprint density at radius 1 is 0.632 bits per heavy atom. The molecule has 0 saturated heterocycles. The molecule has 0 aliphatic carbocycles. The van der Waals surface area contributed by atoms with E-state index < -0.39 is 0 Å². The van der Waals surface area contributed by atoms with Crippen LogP contribution in [0.25, 0.3) is 33.2 Å². The molecule has 0 bridgehead atoms. The number of fused-ring (bicyclic) bond motifs is 7. The molecule has 2 heterocycles. The smallest absolute Gasteiger partial charge is 0.195 e. The molecule has 0 spiro atoms. The lowest BCUT2D eigenvalue weighted by atomic mass is 9.98. The molecule has 1 aliphatic rings. The summed E-state index contributed by atoms with van der Waals surface area (Å²) in [7, 11) is 0. The zero-order chi connectivity index (χ0) is 25.6. The average molecular weight is 510 g/mol. The molecule has 0 fully saturated rings. The van der Waals surface area contributed by atoms with Gasteiger partial charge >= 0.3 is 0 Å². The Morgan fingerprint density at radius 2 is 1.16 bits per heavy atom. The summed E-state index contributed by atoms with van der Waals surface area (Å²) in [6.45, 7) is 1.78. The van der Waals surface area contributed by atoms with Crippen molar-refractivity contribution in [1.82, 2.24) is 0 Å². The van der Waals surface area contributed by atoms with E-state index in [2.05, 4.69) is 102 Å². The number of hydrogen-bond donors (Lipinski definition) is 0. The van der Waals surface area contributed by atoms with Gasteiger partial charge < -0.3 is 9.32 Å². The molecule has 0 unspecified atom stereocenters. The maximum absolute atomic E-state index is 12.8. The Balaban J connectivity index is 1.60.